The lowest BCUT2D eigenvalue weighted by Crippen LogP contribution is -2.02. The lowest BCUT2D eigenvalue weighted by molar-refractivity contribution is 0.0697. The van der Waals surface area contributed by atoms with Crippen molar-refractivity contribution in [3.05, 3.63) is 72.2 Å². The number of hydrogen-bond acceptors (Lipinski definition) is 7. The highest BCUT2D eigenvalue weighted by molar-refractivity contribution is 7.99. The standard InChI is InChI=1S/C24H22N4O3S/c1-14(2)19-10-9-18-22(27-19)25-13-26-23(18)28-20-12-15(24(29)30)4-11-21(20)32-17-7-5-16(31-3)6-8-17/h4-14H,1-3H3,(H,29,30)(H,25,26,27,28). The minimum atomic E-state index is -0.996. The number of aromatic nitrogens is 3. The number of carboxylic acids is 1. The Morgan fingerprint density at radius 2 is 1.84 bits per heavy atom. The first-order chi connectivity index (χ1) is 15.4. The number of pyridine rings is 1. The number of benzene rings is 2. The number of nitrogens with zero attached hydrogens (tertiary/aromatic N) is 3. The lowest BCUT2D eigenvalue weighted by atomic mass is 10.1. The molecule has 0 atom stereocenters. The van der Waals surface area contributed by atoms with E-state index in [1.807, 2.05) is 36.4 Å². The Balaban J connectivity index is 1.73. The van der Waals surface area contributed by atoms with E-state index in [1.54, 1.807) is 25.3 Å². The van der Waals surface area contributed by atoms with Gasteiger partial charge in [0.05, 0.1) is 23.7 Å². The highest BCUT2D eigenvalue weighted by Crippen LogP contribution is 2.37. The quantitative estimate of drug-likeness (QED) is 0.370. The van der Waals surface area contributed by atoms with Gasteiger partial charge < -0.3 is 15.2 Å². The summed E-state index contributed by atoms with van der Waals surface area (Å²) in [7, 11) is 1.62. The maximum atomic E-state index is 11.6. The van der Waals surface area contributed by atoms with Gasteiger partial charge in [0.1, 0.15) is 17.9 Å². The summed E-state index contributed by atoms with van der Waals surface area (Å²) in [4.78, 5) is 26.7. The Bertz CT molecular complexity index is 1280. The fourth-order valence-electron chi connectivity index (χ4n) is 3.13. The van der Waals surface area contributed by atoms with E-state index >= 15 is 0 Å². The van der Waals surface area contributed by atoms with Crippen LogP contribution in [-0.4, -0.2) is 33.1 Å². The molecule has 7 nitrogen and oxygen atoms in total. The molecule has 8 heteroatoms. The van der Waals surface area contributed by atoms with Gasteiger partial charge >= 0.3 is 5.97 Å². The summed E-state index contributed by atoms with van der Waals surface area (Å²) >= 11 is 1.51. The number of fused-ring (bicyclic) bond motifs is 1. The first-order valence-corrected chi connectivity index (χ1v) is 10.8. The van der Waals surface area contributed by atoms with Crippen LogP contribution in [0.4, 0.5) is 11.5 Å². The molecule has 2 heterocycles. The van der Waals surface area contributed by atoms with Crippen LogP contribution in [-0.2, 0) is 0 Å². The molecule has 0 aliphatic carbocycles. The zero-order valence-electron chi connectivity index (χ0n) is 17.9. The van der Waals surface area contributed by atoms with Crippen molar-refractivity contribution in [2.24, 2.45) is 0 Å². The molecular weight excluding hydrogens is 424 g/mol. The molecule has 2 aromatic heterocycles. The van der Waals surface area contributed by atoms with Gasteiger partial charge in [0, 0.05) is 15.5 Å². The maximum absolute atomic E-state index is 11.6. The molecule has 0 aliphatic rings. The van der Waals surface area contributed by atoms with Crippen LogP contribution in [0.1, 0.15) is 35.8 Å². The van der Waals surface area contributed by atoms with Crippen molar-refractivity contribution >= 4 is 40.3 Å². The first kappa shape index (κ1) is 21.6. The van der Waals surface area contributed by atoms with E-state index in [2.05, 4.69) is 34.1 Å². The zero-order chi connectivity index (χ0) is 22.7. The SMILES string of the molecule is COc1ccc(Sc2ccc(C(=O)O)cc2Nc2ncnc3nc(C(C)C)ccc23)cc1. The van der Waals surface area contributed by atoms with Crippen LogP contribution < -0.4 is 10.1 Å². The van der Waals surface area contributed by atoms with E-state index < -0.39 is 5.97 Å². The molecule has 0 fully saturated rings. The molecule has 0 spiro atoms. The van der Waals surface area contributed by atoms with E-state index in [1.165, 1.54) is 18.1 Å². The molecule has 162 valence electrons. The van der Waals surface area contributed by atoms with Crippen LogP contribution >= 0.6 is 11.8 Å². The third-order valence-corrected chi connectivity index (χ3v) is 5.96. The van der Waals surface area contributed by atoms with Crippen LogP contribution in [0.25, 0.3) is 11.0 Å². The Labute approximate surface area is 189 Å². The Morgan fingerprint density at radius 1 is 1.06 bits per heavy atom. The summed E-state index contributed by atoms with van der Waals surface area (Å²) in [5, 5.41) is 13.5. The second-order valence-corrected chi connectivity index (χ2v) is 8.52. The van der Waals surface area contributed by atoms with Gasteiger partial charge in [-0.1, -0.05) is 25.6 Å². The molecule has 0 saturated heterocycles. The van der Waals surface area contributed by atoms with E-state index in [4.69, 9.17) is 4.74 Å². The molecule has 4 aromatic rings. The number of anilines is 2. The fraction of sp³-hybridized carbons (Fsp3) is 0.167. The molecule has 2 N–H and O–H groups in total. The highest BCUT2D eigenvalue weighted by atomic mass is 32.2. The van der Waals surface area contributed by atoms with Crippen LogP contribution in [0.15, 0.2) is 70.7 Å². The molecule has 0 radical (unpaired) electrons. The molecule has 0 bridgehead atoms. The predicted molar refractivity (Wildman–Crippen MR) is 125 cm³/mol. The minimum Gasteiger partial charge on any atom is -0.497 e. The summed E-state index contributed by atoms with van der Waals surface area (Å²) in [5.74, 6) is 0.627. The van der Waals surface area contributed by atoms with Gasteiger partial charge in [-0.15, -0.1) is 0 Å². The average Bonchev–Trinajstić information content (AvgIpc) is 2.80. The van der Waals surface area contributed by atoms with Gasteiger partial charge in [0.25, 0.3) is 0 Å². The smallest absolute Gasteiger partial charge is 0.335 e. The Hall–Kier alpha value is -3.65. The van der Waals surface area contributed by atoms with Crippen LogP contribution in [0.5, 0.6) is 5.75 Å². The summed E-state index contributed by atoms with van der Waals surface area (Å²) in [6.45, 7) is 4.16. The van der Waals surface area contributed by atoms with E-state index in [9.17, 15) is 9.90 Å². The number of carbonyl (C=O) groups is 1. The number of carboxylic acid groups (broad SMARTS) is 1. The van der Waals surface area contributed by atoms with Gasteiger partial charge in [-0.05, 0) is 60.5 Å². The largest absolute Gasteiger partial charge is 0.497 e. The van der Waals surface area contributed by atoms with Gasteiger partial charge in [0.15, 0.2) is 5.65 Å². The second kappa shape index (κ2) is 9.23. The van der Waals surface area contributed by atoms with Crippen molar-refractivity contribution in [3.63, 3.8) is 0 Å². The number of aromatic carboxylic acids is 1. The van der Waals surface area contributed by atoms with Crippen molar-refractivity contribution < 1.29 is 14.6 Å². The summed E-state index contributed by atoms with van der Waals surface area (Å²) in [6.07, 6.45) is 1.46. The lowest BCUT2D eigenvalue weighted by Gasteiger charge is -2.14. The van der Waals surface area contributed by atoms with Gasteiger partial charge in [-0.2, -0.15) is 0 Å². The fourth-order valence-corrected chi connectivity index (χ4v) is 4.01. The van der Waals surface area contributed by atoms with Crippen LogP contribution in [0.3, 0.4) is 0 Å². The maximum Gasteiger partial charge on any atom is 0.335 e. The minimum absolute atomic E-state index is 0.185. The average molecular weight is 447 g/mol. The number of nitrogens with one attached hydrogen (secondary N) is 1. The number of methoxy groups -OCH3 is 1. The van der Waals surface area contributed by atoms with Crippen molar-refractivity contribution in [1.82, 2.24) is 15.0 Å². The number of rotatable bonds is 7. The van der Waals surface area contributed by atoms with Crippen molar-refractivity contribution in [2.45, 2.75) is 29.6 Å². The third kappa shape index (κ3) is 4.65. The number of hydrogen-bond donors (Lipinski definition) is 2. The van der Waals surface area contributed by atoms with Crippen molar-refractivity contribution in [1.29, 1.82) is 0 Å². The predicted octanol–water partition coefficient (Wildman–Crippen LogP) is 5.75. The topological polar surface area (TPSA) is 97.2 Å². The summed E-state index contributed by atoms with van der Waals surface area (Å²) < 4.78 is 5.22. The third-order valence-electron chi connectivity index (χ3n) is 4.88. The van der Waals surface area contributed by atoms with Crippen LogP contribution in [0, 0.1) is 0 Å². The summed E-state index contributed by atoms with van der Waals surface area (Å²) in [5.41, 5.74) is 2.36. The molecule has 0 aliphatic heterocycles. The van der Waals surface area contributed by atoms with E-state index in [0.29, 0.717) is 17.2 Å². The second-order valence-electron chi connectivity index (χ2n) is 7.40. The normalized spacial score (nSPS) is 11.0. The monoisotopic (exact) mass is 446 g/mol. The molecule has 0 amide bonds. The van der Waals surface area contributed by atoms with Gasteiger partial charge in [0.2, 0.25) is 0 Å². The van der Waals surface area contributed by atoms with E-state index in [-0.39, 0.29) is 11.5 Å². The summed E-state index contributed by atoms with van der Waals surface area (Å²) in [6, 6.07) is 16.6. The molecule has 0 unspecified atom stereocenters. The number of ether oxygens (including phenoxy) is 1. The Kier molecular flexibility index (Phi) is 6.23. The first-order valence-electron chi connectivity index (χ1n) is 10.0. The zero-order valence-corrected chi connectivity index (χ0v) is 18.7. The van der Waals surface area contributed by atoms with Crippen molar-refractivity contribution in [3.8, 4) is 5.75 Å². The molecule has 32 heavy (non-hydrogen) atoms. The molecule has 2 aromatic carbocycles. The molecular formula is C24H22N4O3S. The highest BCUT2D eigenvalue weighted by Gasteiger charge is 2.14. The van der Waals surface area contributed by atoms with Crippen molar-refractivity contribution in [2.75, 3.05) is 12.4 Å². The molecule has 4 rings (SSSR count). The van der Waals surface area contributed by atoms with Gasteiger partial charge in [-0.3, -0.25) is 0 Å². The molecule has 0 saturated carbocycles. The van der Waals surface area contributed by atoms with Gasteiger partial charge in [-0.25, -0.2) is 19.7 Å². The Morgan fingerprint density at radius 3 is 2.53 bits per heavy atom. The van der Waals surface area contributed by atoms with E-state index in [0.717, 1.165) is 26.6 Å². The van der Waals surface area contributed by atoms with Crippen LogP contribution in [0.2, 0.25) is 0 Å².